The third kappa shape index (κ3) is 2.88. The molecule has 0 saturated carbocycles. The molecule has 9 heavy (non-hydrogen) atoms. The minimum atomic E-state index is -5.14. The van der Waals surface area contributed by atoms with Crippen LogP contribution in [-0.2, 0) is 14.7 Å². The van der Waals surface area contributed by atoms with Crippen LogP contribution in [0, 0.1) is 0 Å². The smallest absolute Gasteiger partial charge is 0.258 e. The standard InChI is InChI=1S/C2HF3O4/c3-2(4,5)1(6)8-9-7/h7H. The van der Waals surface area contributed by atoms with Gasteiger partial charge >= 0.3 is 12.1 Å². The summed E-state index contributed by atoms with van der Waals surface area (Å²) in [6.45, 7) is 0. The molecule has 0 bridgehead atoms. The second-order valence-corrected chi connectivity index (χ2v) is 0.943. The van der Waals surface area contributed by atoms with Gasteiger partial charge in [0.15, 0.2) is 0 Å². The fourth-order valence-electron chi connectivity index (χ4n) is 0.0811. The maximum absolute atomic E-state index is 11.0. The van der Waals surface area contributed by atoms with Gasteiger partial charge in [-0.1, -0.05) is 0 Å². The largest absolute Gasteiger partial charge is 0.494 e. The van der Waals surface area contributed by atoms with E-state index in [-0.39, 0.29) is 0 Å². The maximum Gasteiger partial charge on any atom is 0.494 e. The number of hydrogen-bond acceptors (Lipinski definition) is 4. The second-order valence-electron chi connectivity index (χ2n) is 0.943. The van der Waals surface area contributed by atoms with Gasteiger partial charge in [0.05, 0.1) is 0 Å². The number of hydrogen-bond donors (Lipinski definition) is 1. The summed E-state index contributed by atoms with van der Waals surface area (Å²) in [5.41, 5.74) is 0. The van der Waals surface area contributed by atoms with Gasteiger partial charge in [0, 0.05) is 0 Å². The Morgan fingerprint density at radius 1 is 1.44 bits per heavy atom. The van der Waals surface area contributed by atoms with Crippen LogP contribution in [0.4, 0.5) is 13.2 Å². The predicted molar refractivity (Wildman–Crippen MR) is 15.9 cm³/mol. The van der Waals surface area contributed by atoms with Crippen LogP contribution < -0.4 is 0 Å². The molecule has 4 nitrogen and oxygen atoms in total. The van der Waals surface area contributed by atoms with Crippen LogP contribution in [0.25, 0.3) is 0 Å². The topological polar surface area (TPSA) is 55.8 Å². The molecule has 0 saturated heterocycles. The Kier molecular flexibility index (Phi) is 2.41. The normalized spacial score (nSPS) is 11.1. The molecule has 0 fully saturated rings. The maximum atomic E-state index is 11.0. The molecule has 0 aromatic rings. The summed E-state index contributed by atoms with van der Waals surface area (Å²) in [5, 5.41) is 9.62. The summed E-state index contributed by atoms with van der Waals surface area (Å²) < 4.78 is 32.9. The zero-order chi connectivity index (χ0) is 7.49. The quantitative estimate of drug-likeness (QED) is 0.432. The number of carbonyl (C=O) groups is 1. The zero-order valence-corrected chi connectivity index (χ0v) is 3.81. The van der Waals surface area contributed by atoms with Gasteiger partial charge in [0.1, 0.15) is 0 Å². The molecule has 7 heteroatoms. The molecule has 0 heterocycles. The monoisotopic (exact) mass is 146 g/mol. The van der Waals surface area contributed by atoms with Crippen LogP contribution >= 0.6 is 0 Å². The average Bonchev–Trinajstić information content (AvgIpc) is 1.64. The van der Waals surface area contributed by atoms with Gasteiger partial charge < -0.3 is 0 Å². The third-order valence-corrected chi connectivity index (χ3v) is 0.344. The van der Waals surface area contributed by atoms with Gasteiger partial charge in [-0.25, -0.2) is 10.1 Å². The highest BCUT2D eigenvalue weighted by Crippen LogP contribution is 2.15. The lowest BCUT2D eigenvalue weighted by Crippen LogP contribution is -2.24. The lowest BCUT2D eigenvalue weighted by atomic mass is 10.7. The van der Waals surface area contributed by atoms with Crippen LogP contribution in [0.2, 0.25) is 0 Å². The average molecular weight is 146 g/mol. The number of halogens is 3. The molecule has 0 aliphatic carbocycles. The molecule has 0 aromatic carbocycles. The van der Waals surface area contributed by atoms with Crippen molar-refractivity contribution in [2.45, 2.75) is 6.18 Å². The Morgan fingerprint density at radius 2 is 1.89 bits per heavy atom. The molecule has 0 atom stereocenters. The zero-order valence-electron chi connectivity index (χ0n) is 3.81. The molecular formula is C2HF3O4. The lowest BCUT2D eigenvalue weighted by molar-refractivity contribution is -0.469. The minimum absolute atomic E-state index is 2.46. The summed E-state index contributed by atoms with van der Waals surface area (Å²) in [7, 11) is 0. The first-order valence-corrected chi connectivity index (χ1v) is 1.57. The molecule has 0 aromatic heterocycles. The van der Waals surface area contributed by atoms with Crippen molar-refractivity contribution in [1.82, 2.24) is 0 Å². The van der Waals surface area contributed by atoms with Gasteiger partial charge in [-0.05, 0) is 5.04 Å². The van der Waals surface area contributed by atoms with E-state index >= 15 is 0 Å². The van der Waals surface area contributed by atoms with Crippen molar-refractivity contribution in [3.05, 3.63) is 0 Å². The molecule has 54 valence electrons. The molecule has 1 N–H and O–H groups in total. The summed E-state index contributed by atoms with van der Waals surface area (Å²) >= 11 is 0. The molecular weight excluding hydrogens is 145 g/mol. The summed E-state index contributed by atoms with van der Waals surface area (Å²) in [4.78, 5) is 12.1. The Bertz CT molecular complexity index is 107. The molecule has 0 unspecified atom stereocenters. The van der Waals surface area contributed by atoms with Crippen molar-refractivity contribution >= 4 is 5.97 Å². The molecule has 0 rings (SSSR count). The number of carbonyl (C=O) groups excluding carboxylic acids is 1. The van der Waals surface area contributed by atoms with Crippen molar-refractivity contribution in [2.24, 2.45) is 0 Å². The van der Waals surface area contributed by atoms with Crippen LogP contribution in [-0.4, -0.2) is 17.4 Å². The predicted octanol–water partition coefficient (Wildman–Crippen LogP) is 0.496. The Hall–Kier alpha value is -0.820. The van der Waals surface area contributed by atoms with E-state index < -0.39 is 12.1 Å². The van der Waals surface area contributed by atoms with Crippen molar-refractivity contribution in [1.29, 1.82) is 0 Å². The van der Waals surface area contributed by atoms with E-state index in [2.05, 4.69) is 9.93 Å². The van der Waals surface area contributed by atoms with Crippen molar-refractivity contribution < 1.29 is 33.1 Å². The Balaban J connectivity index is 3.74. The number of rotatable bonds is 1. The SMILES string of the molecule is O=C(OOO)C(F)(F)F. The van der Waals surface area contributed by atoms with E-state index in [1.807, 2.05) is 0 Å². The van der Waals surface area contributed by atoms with Crippen molar-refractivity contribution in [3.63, 3.8) is 0 Å². The Morgan fingerprint density at radius 3 is 2.00 bits per heavy atom. The first-order chi connectivity index (χ1) is 3.98. The van der Waals surface area contributed by atoms with Crippen LogP contribution in [0.1, 0.15) is 0 Å². The lowest BCUT2D eigenvalue weighted by Gasteiger charge is -1.99. The number of alkyl halides is 3. The van der Waals surface area contributed by atoms with Gasteiger partial charge in [-0.3, -0.25) is 4.89 Å². The third-order valence-electron chi connectivity index (χ3n) is 0.344. The van der Waals surface area contributed by atoms with Crippen molar-refractivity contribution in [3.8, 4) is 0 Å². The van der Waals surface area contributed by atoms with Crippen molar-refractivity contribution in [2.75, 3.05) is 0 Å². The van der Waals surface area contributed by atoms with E-state index in [0.29, 0.717) is 0 Å². The first-order valence-electron chi connectivity index (χ1n) is 1.57. The fraction of sp³-hybridized carbons (Fsp3) is 0.500. The van der Waals surface area contributed by atoms with Gasteiger partial charge in [-0.15, -0.1) is 0 Å². The highest BCUT2D eigenvalue weighted by atomic mass is 19.4. The van der Waals surface area contributed by atoms with E-state index in [1.54, 1.807) is 0 Å². The fourth-order valence-corrected chi connectivity index (χ4v) is 0.0811. The van der Waals surface area contributed by atoms with Crippen LogP contribution in [0.5, 0.6) is 0 Å². The van der Waals surface area contributed by atoms with E-state index in [1.165, 1.54) is 0 Å². The van der Waals surface area contributed by atoms with E-state index in [0.717, 1.165) is 0 Å². The minimum Gasteiger partial charge on any atom is -0.258 e. The summed E-state index contributed by atoms with van der Waals surface area (Å²) in [6.07, 6.45) is -5.14. The Labute approximate surface area is 46.6 Å². The van der Waals surface area contributed by atoms with E-state index in [4.69, 9.17) is 5.26 Å². The highest BCUT2D eigenvalue weighted by Gasteiger charge is 2.42. The van der Waals surface area contributed by atoms with Crippen LogP contribution in [0.15, 0.2) is 0 Å². The molecule has 0 aliphatic rings. The van der Waals surface area contributed by atoms with E-state index in [9.17, 15) is 18.0 Å². The summed E-state index contributed by atoms with van der Waals surface area (Å²) in [6, 6.07) is 0. The molecule has 0 amide bonds. The second kappa shape index (κ2) is 2.65. The highest BCUT2D eigenvalue weighted by molar-refractivity contribution is 5.74. The summed E-state index contributed by atoms with van der Waals surface area (Å²) in [5.74, 6) is -2.61. The first kappa shape index (κ1) is 8.18. The van der Waals surface area contributed by atoms with Gasteiger partial charge in [0.2, 0.25) is 0 Å². The van der Waals surface area contributed by atoms with Crippen LogP contribution in [0.3, 0.4) is 0 Å². The molecule has 0 spiro atoms. The van der Waals surface area contributed by atoms with Gasteiger partial charge in [0.25, 0.3) is 0 Å². The van der Waals surface area contributed by atoms with Gasteiger partial charge in [-0.2, -0.15) is 13.2 Å². The molecule has 0 aliphatic heterocycles. The molecule has 0 radical (unpaired) electrons.